The summed E-state index contributed by atoms with van der Waals surface area (Å²) >= 11 is 1.84. The maximum Gasteiger partial charge on any atom is 0.118 e. The minimum Gasteiger partial charge on any atom is -0.497 e. The van der Waals surface area contributed by atoms with Crippen LogP contribution in [0, 0.1) is 0 Å². The van der Waals surface area contributed by atoms with E-state index in [1.165, 1.54) is 23.3 Å². The average molecular weight is 303 g/mol. The van der Waals surface area contributed by atoms with Gasteiger partial charge in [-0.3, -0.25) is 0 Å². The van der Waals surface area contributed by atoms with Gasteiger partial charge in [-0.05, 0) is 42.0 Å². The first-order valence-electron chi connectivity index (χ1n) is 7.71. The molecule has 2 nitrogen and oxygen atoms in total. The molecule has 3 heteroatoms. The summed E-state index contributed by atoms with van der Waals surface area (Å²) in [7, 11) is 1.71. The van der Waals surface area contributed by atoms with Gasteiger partial charge in [-0.25, -0.2) is 0 Å². The molecule has 2 rings (SSSR count). The van der Waals surface area contributed by atoms with Crippen LogP contribution in [-0.4, -0.2) is 7.11 Å². The van der Waals surface area contributed by atoms with Crippen LogP contribution >= 0.6 is 11.3 Å². The highest BCUT2D eigenvalue weighted by atomic mass is 32.1. The predicted octanol–water partition coefficient (Wildman–Crippen LogP) is 5.34. The summed E-state index contributed by atoms with van der Waals surface area (Å²) in [5, 5.41) is 5.99. The Labute approximate surface area is 132 Å². The molecule has 0 amide bonds. The van der Waals surface area contributed by atoms with Gasteiger partial charge >= 0.3 is 0 Å². The van der Waals surface area contributed by atoms with E-state index in [1.807, 2.05) is 23.5 Å². The fourth-order valence-corrected chi connectivity index (χ4v) is 3.44. The first kappa shape index (κ1) is 16.1. The molecule has 0 aliphatic rings. The average Bonchev–Trinajstić information content (AvgIpc) is 3.06. The van der Waals surface area contributed by atoms with Crippen molar-refractivity contribution in [1.29, 1.82) is 0 Å². The van der Waals surface area contributed by atoms with Crippen LogP contribution in [-0.2, 0) is 0 Å². The van der Waals surface area contributed by atoms with E-state index in [0.29, 0.717) is 12.1 Å². The van der Waals surface area contributed by atoms with Crippen molar-refractivity contribution < 1.29 is 4.74 Å². The van der Waals surface area contributed by atoms with Gasteiger partial charge < -0.3 is 10.1 Å². The predicted molar refractivity (Wildman–Crippen MR) is 91.1 cm³/mol. The molecule has 1 aromatic heterocycles. The van der Waals surface area contributed by atoms with E-state index in [4.69, 9.17) is 4.74 Å². The summed E-state index contributed by atoms with van der Waals surface area (Å²) in [5.41, 5.74) is 1.33. The lowest BCUT2D eigenvalue weighted by Gasteiger charge is -2.25. The monoisotopic (exact) mass is 303 g/mol. The molecule has 114 valence electrons. The van der Waals surface area contributed by atoms with Crippen molar-refractivity contribution in [3.05, 3.63) is 52.2 Å². The molecule has 2 atom stereocenters. The van der Waals surface area contributed by atoms with Crippen LogP contribution in [0.2, 0.25) is 0 Å². The van der Waals surface area contributed by atoms with Gasteiger partial charge in [-0.1, -0.05) is 38.5 Å². The highest BCUT2D eigenvalue weighted by Crippen LogP contribution is 2.28. The molecule has 21 heavy (non-hydrogen) atoms. The molecule has 0 radical (unpaired) electrons. The van der Waals surface area contributed by atoms with Crippen LogP contribution in [0.1, 0.15) is 55.6 Å². The van der Waals surface area contributed by atoms with E-state index >= 15 is 0 Å². The third kappa shape index (κ3) is 4.32. The molecule has 0 saturated carbocycles. The van der Waals surface area contributed by atoms with Crippen LogP contribution in [0.5, 0.6) is 5.75 Å². The zero-order valence-electron chi connectivity index (χ0n) is 13.1. The van der Waals surface area contributed by atoms with Crippen molar-refractivity contribution in [3.8, 4) is 5.75 Å². The van der Waals surface area contributed by atoms with Crippen molar-refractivity contribution in [2.75, 3.05) is 7.11 Å². The lowest BCUT2D eigenvalue weighted by Crippen LogP contribution is -2.25. The van der Waals surface area contributed by atoms with Crippen molar-refractivity contribution in [1.82, 2.24) is 5.32 Å². The molecule has 0 bridgehead atoms. The summed E-state index contributed by atoms with van der Waals surface area (Å²) in [6.07, 6.45) is 3.44. The number of benzene rings is 1. The van der Waals surface area contributed by atoms with E-state index in [2.05, 4.69) is 48.8 Å². The normalized spacial score (nSPS) is 13.9. The fraction of sp³-hybridized carbons (Fsp3) is 0.444. The molecule has 2 unspecified atom stereocenters. The Hall–Kier alpha value is -1.32. The Morgan fingerprint density at radius 1 is 1.10 bits per heavy atom. The van der Waals surface area contributed by atoms with Crippen LogP contribution < -0.4 is 10.1 Å². The summed E-state index contributed by atoms with van der Waals surface area (Å²) in [5.74, 6) is 0.914. The summed E-state index contributed by atoms with van der Waals surface area (Å²) < 4.78 is 5.24. The van der Waals surface area contributed by atoms with Gasteiger partial charge in [-0.2, -0.15) is 0 Å². The second-order valence-corrected chi connectivity index (χ2v) is 6.24. The highest BCUT2D eigenvalue weighted by molar-refractivity contribution is 7.10. The number of hydrogen-bond acceptors (Lipinski definition) is 3. The maximum absolute atomic E-state index is 5.24. The number of hydrogen-bond donors (Lipinski definition) is 1. The molecule has 0 aliphatic carbocycles. The number of nitrogens with one attached hydrogen (secondary N) is 1. The number of rotatable bonds is 8. The third-order valence-electron chi connectivity index (χ3n) is 3.79. The third-order valence-corrected chi connectivity index (χ3v) is 4.78. The second-order valence-electron chi connectivity index (χ2n) is 5.26. The summed E-state index contributed by atoms with van der Waals surface area (Å²) in [4.78, 5) is 1.43. The highest BCUT2D eigenvalue weighted by Gasteiger charge is 2.17. The Balaban J connectivity index is 2.11. The van der Waals surface area contributed by atoms with E-state index in [0.717, 1.165) is 12.2 Å². The minimum absolute atomic E-state index is 0.384. The topological polar surface area (TPSA) is 21.3 Å². The molecule has 1 aromatic carbocycles. The van der Waals surface area contributed by atoms with E-state index in [-0.39, 0.29) is 0 Å². The molecule has 0 aliphatic heterocycles. The molecule has 0 spiro atoms. The lowest BCUT2D eigenvalue weighted by atomic mass is 10.0. The van der Waals surface area contributed by atoms with Gasteiger partial charge in [0.2, 0.25) is 0 Å². The summed E-state index contributed by atoms with van der Waals surface area (Å²) in [6.45, 7) is 4.48. The first-order chi connectivity index (χ1) is 10.3. The van der Waals surface area contributed by atoms with Crippen molar-refractivity contribution in [3.63, 3.8) is 0 Å². The second kappa shape index (κ2) is 8.20. The van der Waals surface area contributed by atoms with Gasteiger partial charge in [0.05, 0.1) is 7.11 Å². The molecule has 2 aromatic rings. The van der Waals surface area contributed by atoms with Crippen LogP contribution in [0.25, 0.3) is 0 Å². The maximum atomic E-state index is 5.24. The van der Waals surface area contributed by atoms with Gasteiger partial charge in [0.25, 0.3) is 0 Å². The van der Waals surface area contributed by atoms with Gasteiger partial charge in [0.15, 0.2) is 0 Å². The number of methoxy groups -OCH3 is 1. The molecular weight excluding hydrogens is 278 g/mol. The molecule has 1 heterocycles. The lowest BCUT2D eigenvalue weighted by molar-refractivity contribution is 0.409. The first-order valence-corrected chi connectivity index (χ1v) is 8.59. The number of thiophene rings is 1. The Morgan fingerprint density at radius 3 is 2.38 bits per heavy atom. The molecular formula is C18H25NOS. The minimum atomic E-state index is 0.384. The van der Waals surface area contributed by atoms with Gasteiger partial charge in [0.1, 0.15) is 5.75 Å². The summed E-state index contributed by atoms with van der Waals surface area (Å²) in [6, 6.07) is 13.6. The Bertz CT molecular complexity index is 507. The fourth-order valence-electron chi connectivity index (χ4n) is 2.61. The van der Waals surface area contributed by atoms with Crippen LogP contribution in [0.3, 0.4) is 0 Å². The van der Waals surface area contributed by atoms with E-state index in [9.17, 15) is 0 Å². The van der Waals surface area contributed by atoms with Crippen molar-refractivity contribution >= 4 is 11.3 Å². The van der Waals surface area contributed by atoms with E-state index < -0.39 is 0 Å². The van der Waals surface area contributed by atoms with Gasteiger partial charge in [0, 0.05) is 17.0 Å². The van der Waals surface area contributed by atoms with Crippen molar-refractivity contribution in [2.45, 2.75) is 45.2 Å². The van der Waals surface area contributed by atoms with E-state index in [1.54, 1.807) is 7.11 Å². The molecule has 0 saturated heterocycles. The standard InChI is InChI=1S/C18H25NOS/c1-4-7-17(18-8-6-13-21-18)19-16(5-2)14-9-11-15(20-3)12-10-14/h6,8-13,16-17,19H,4-5,7H2,1-3H3. The van der Waals surface area contributed by atoms with Crippen molar-refractivity contribution in [2.24, 2.45) is 0 Å². The molecule has 1 N–H and O–H groups in total. The number of ether oxygens (including phenoxy) is 1. The Morgan fingerprint density at radius 2 is 1.86 bits per heavy atom. The zero-order valence-corrected chi connectivity index (χ0v) is 14.0. The van der Waals surface area contributed by atoms with Gasteiger partial charge in [-0.15, -0.1) is 11.3 Å². The SMILES string of the molecule is CCCC(NC(CC)c1ccc(OC)cc1)c1cccs1. The van der Waals surface area contributed by atoms with Crippen LogP contribution in [0.4, 0.5) is 0 Å². The largest absolute Gasteiger partial charge is 0.497 e. The zero-order chi connectivity index (χ0) is 15.1. The quantitative estimate of drug-likeness (QED) is 0.711. The Kier molecular flexibility index (Phi) is 6.27. The molecule has 0 fully saturated rings. The smallest absolute Gasteiger partial charge is 0.118 e. The van der Waals surface area contributed by atoms with Crippen LogP contribution in [0.15, 0.2) is 41.8 Å².